The molecule has 3 aromatic carbocycles. The Hall–Kier alpha value is -5.24. The highest BCUT2D eigenvalue weighted by molar-refractivity contribution is 5.98. The first-order valence-corrected chi connectivity index (χ1v) is 15.2. The van der Waals surface area contributed by atoms with Crippen LogP contribution in [0.4, 0.5) is 11.4 Å². The molecule has 46 heavy (non-hydrogen) atoms. The number of carbonyl (C=O) groups excluding carboxylic acids is 2. The number of methoxy groups -OCH3 is 1. The molecule has 0 saturated carbocycles. The molecule has 0 radical (unpaired) electrons. The molecule has 1 amide bonds. The van der Waals surface area contributed by atoms with Crippen LogP contribution < -0.4 is 15.4 Å². The first-order valence-electron chi connectivity index (χ1n) is 15.2. The average Bonchev–Trinajstić information content (AvgIpc) is 3.05. The minimum Gasteiger partial charge on any atom is -0.473 e. The highest BCUT2D eigenvalue weighted by Crippen LogP contribution is 2.28. The van der Waals surface area contributed by atoms with Gasteiger partial charge in [-0.05, 0) is 71.5 Å². The van der Waals surface area contributed by atoms with E-state index in [2.05, 4.69) is 16.7 Å². The molecular weight excluding hydrogens is 584 g/mol. The highest BCUT2D eigenvalue weighted by atomic mass is 16.5. The van der Waals surface area contributed by atoms with Gasteiger partial charge in [0.2, 0.25) is 11.8 Å². The fraction of sp³-hybridized carbons (Fsp3) is 0.278. The fourth-order valence-electron chi connectivity index (χ4n) is 5.40. The lowest BCUT2D eigenvalue weighted by atomic mass is 9.99. The van der Waals surface area contributed by atoms with Crippen molar-refractivity contribution in [3.8, 4) is 23.2 Å². The quantitative estimate of drug-likeness (QED) is 0.260. The standard InChI is InChI=1S/C36H34N4O6/c1-43-36(42)27-9-10-32(33(17-27)38-20-30-12-14-45-30)39-34(41)18-24-7-8-26-16-29(24)22-44-13-11-25-15-23(5-6-28(25)19-37)21-46-35-4-2-3-31(26)40-35/h2-10,15-17,30,38H,11-14,18,20-22H2,1H3,(H,39,41)/t30-/m0/s1. The van der Waals surface area contributed by atoms with E-state index in [0.29, 0.717) is 54.6 Å². The lowest BCUT2D eigenvalue weighted by Crippen LogP contribution is -2.33. The Bertz CT molecular complexity index is 1800. The molecule has 1 aromatic heterocycles. The van der Waals surface area contributed by atoms with E-state index in [9.17, 15) is 14.9 Å². The van der Waals surface area contributed by atoms with Crippen LogP contribution in [0.15, 0.2) is 72.8 Å². The molecule has 234 valence electrons. The van der Waals surface area contributed by atoms with Crippen molar-refractivity contribution in [3.63, 3.8) is 0 Å². The van der Waals surface area contributed by atoms with Crippen molar-refractivity contribution < 1.29 is 28.5 Å². The lowest BCUT2D eigenvalue weighted by Gasteiger charge is -2.27. The van der Waals surface area contributed by atoms with Crippen LogP contribution in [0.1, 0.15) is 44.6 Å². The fourth-order valence-corrected chi connectivity index (χ4v) is 5.40. The van der Waals surface area contributed by atoms with Gasteiger partial charge in [0.25, 0.3) is 0 Å². The summed E-state index contributed by atoms with van der Waals surface area (Å²) in [6.07, 6.45) is 1.69. The summed E-state index contributed by atoms with van der Waals surface area (Å²) in [5.74, 6) is -0.195. The van der Waals surface area contributed by atoms with Crippen LogP contribution in [0.3, 0.4) is 0 Å². The number of carbonyl (C=O) groups is 2. The summed E-state index contributed by atoms with van der Waals surface area (Å²) in [6, 6.07) is 24.4. The Kier molecular flexibility index (Phi) is 9.53. The van der Waals surface area contributed by atoms with Gasteiger partial charge in [0.15, 0.2) is 0 Å². The summed E-state index contributed by atoms with van der Waals surface area (Å²) in [6.45, 7) is 2.28. The molecule has 3 heterocycles. The third-order valence-corrected chi connectivity index (χ3v) is 8.06. The zero-order valence-corrected chi connectivity index (χ0v) is 25.5. The van der Waals surface area contributed by atoms with Crippen LogP contribution in [0.25, 0.3) is 11.3 Å². The summed E-state index contributed by atoms with van der Waals surface area (Å²) >= 11 is 0. The van der Waals surface area contributed by atoms with Gasteiger partial charge in [0.05, 0.1) is 67.1 Å². The predicted molar refractivity (Wildman–Crippen MR) is 171 cm³/mol. The molecule has 1 saturated heterocycles. The maximum absolute atomic E-state index is 13.4. The van der Waals surface area contributed by atoms with Gasteiger partial charge in [0, 0.05) is 24.8 Å². The number of benzene rings is 3. The molecular formula is C36H34N4O6. The summed E-state index contributed by atoms with van der Waals surface area (Å²) in [5.41, 5.74) is 7.24. The van der Waals surface area contributed by atoms with Gasteiger partial charge in [-0.3, -0.25) is 4.79 Å². The smallest absolute Gasteiger partial charge is 0.337 e. The molecule has 1 atom stereocenters. The third-order valence-electron chi connectivity index (χ3n) is 8.06. The maximum Gasteiger partial charge on any atom is 0.337 e. The van der Waals surface area contributed by atoms with Crippen molar-refractivity contribution in [2.45, 2.75) is 38.6 Å². The normalized spacial score (nSPS) is 15.5. The SMILES string of the molecule is COC(=O)c1ccc(NC(=O)Cc2ccc3cc2COCCc2cc(ccc2C#N)COc2cccc-3n2)c(NC[C@@H]2CCO2)c1. The van der Waals surface area contributed by atoms with Crippen molar-refractivity contribution in [1.29, 1.82) is 5.26 Å². The van der Waals surface area contributed by atoms with Gasteiger partial charge in [-0.1, -0.05) is 30.3 Å². The van der Waals surface area contributed by atoms with Crippen LogP contribution in [-0.4, -0.2) is 49.8 Å². The largest absolute Gasteiger partial charge is 0.473 e. The Morgan fingerprint density at radius 3 is 2.70 bits per heavy atom. The molecule has 6 rings (SSSR count). The maximum atomic E-state index is 13.4. The molecule has 0 spiro atoms. The van der Waals surface area contributed by atoms with Crippen molar-refractivity contribution in [2.24, 2.45) is 0 Å². The van der Waals surface area contributed by atoms with Gasteiger partial charge in [-0.25, -0.2) is 9.78 Å². The number of hydrogen-bond acceptors (Lipinski definition) is 9. The number of nitrogens with one attached hydrogen (secondary N) is 2. The van der Waals surface area contributed by atoms with E-state index >= 15 is 0 Å². The first kappa shape index (κ1) is 30.8. The van der Waals surface area contributed by atoms with Gasteiger partial charge in [-0.15, -0.1) is 0 Å². The van der Waals surface area contributed by atoms with Crippen LogP contribution in [-0.2, 0) is 45.1 Å². The minimum atomic E-state index is -0.463. The van der Waals surface area contributed by atoms with E-state index in [-0.39, 0.29) is 25.0 Å². The van der Waals surface area contributed by atoms with Gasteiger partial charge >= 0.3 is 5.97 Å². The average molecular weight is 619 g/mol. The third kappa shape index (κ3) is 7.34. The predicted octanol–water partition coefficient (Wildman–Crippen LogP) is 5.44. The molecule has 4 aromatic rings. The topological polar surface area (TPSA) is 132 Å². The summed E-state index contributed by atoms with van der Waals surface area (Å²) in [4.78, 5) is 30.3. The number of anilines is 2. The van der Waals surface area contributed by atoms with Crippen molar-refractivity contribution in [1.82, 2.24) is 4.98 Å². The molecule has 2 aliphatic heterocycles. The van der Waals surface area contributed by atoms with Gasteiger partial charge < -0.3 is 29.6 Å². The number of nitriles is 1. The monoisotopic (exact) mass is 618 g/mol. The Balaban J connectivity index is 1.23. The Morgan fingerprint density at radius 1 is 1.00 bits per heavy atom. The number of fused-ring (bicyclic) bond motifs is 7. The van der Waals surface area contributed by atoms with Crippen LogP contribution >= 0.6 is 0 Å². The first-order chi connectivity index (χ1) is 22.5. The Labute approximate surface area is 267 Å². The number of pyridine rings is 1. The van der Waals surface area contributed by atoms with Crippen LogP contribution in [0.2, 0.25) is 0 Å². The molecule has 2 N–H and O–H groups in total. The highest BCUT2D eigenvalue weighted by Gasteiger charge is 2.20. The molecule has 0 aliphatic carbocycles. The zero-order chi connectivity index (χ0) is 31.9. The summed E-state index contributed by atoms with van der Waals surface area (Å²) in [5, 5.41) is 15.9. The number of aromatic nitrogens is 1. The summed E-state index contributed by atoms with van der Waals surface area (Å²) < 4.78 is 22.5. The number of nitrogens with zero attached hydrogens (tertiary/aromatic N) is 2. The molecule has 10 heteroatoms. The summed E-state index contributed by atoms with van der Waals surface area (Å²) in [7, 11) is 1.33. The van der Waals surface area contributed by atoms with E-state index in [4.69, 9.17) is 23.9 Å². The molecule has 1 fully saturated rings. The van der Waals surface area contributed by atoms with E-state index in [1.807, 2.05) is 48.5 Å². The van der Waals surface area contributed by atoms with E-state index < -0.39 is 5.97 Å². The number of amides is 1. The van der Waals surface area contributed by atoms with Crippen LogP contribution in [0.5, 0.6) is 5.88 Å². The number of esters is 1. The van der Waals surface area contributed by atoms with E-state index in [1.54, 1.807) is 24.3 Å². The van der Waals surface area contributed by atoms with Gasteiger partial charge in [-0.2, -0.15) is 5.26 Å². The molecule has 10 nitrogen and oxygen atoms in total. The Morgan fingerprint density at radius 2 is 1.89 bits per heavy atom. The van der Waals surface area contributed by atoms with Gasteiger partial charge in [0.1, 0.15) is 6.61 Å². The van der Waals surface area contributed by atoms with E-state index in [0.717, 1.165) is 46.5 Å². The van der Waals surface area contributed by atoms with Crippen LogP contribution in [0, 0.1) is 11.3 Å². The lowest BCUT2D eigenvalue weighted by molar-refractivity contribution is -0.115. The zero-order valence-electron chi connectivity index (χ0n) is 25.5. The van der Waals surface area contributed by atoms with Crippen molar-refractivity contribution >= 4 is 23.3 Å². The second-order valence-electron chi connectivity index (χ2n) is 11.2. The minimum absolute atomic E-state index is 0.0852. The molecule has 2 aliphatic rings. The van der Waals surface area contributed by atoms with E-state index in [1.165, 1.54) is 7.11 Å². The van der Waals surface area contributed by atoms with Crippen molar-refractivity contribution in [2.75, 3.05) is 37.5 Å². The number of ether oxygens (including phenoxy) is 4. The second kappa shape index (κ2) is 14.2. The molecule has 0 unspecified atom stereocenters. The number of rotatable bonds is 7. The second-order valence-corrected chi connectivity index (χ2v) is 11.2. The number of hydrogen-bond donors (Lipinski definition) is 2. The van der Waals surface area contributed by atoms with Crippen molar-refractivity contribution in [3.05, 3.63) is 106 Å². The molecule has 6 bridgehead atoms.